The molecule has 1 N–H and O–H groups in total. The lowest BCUT2D eigenvalue weighted by Crippen LogP contribution is -2.24. The molecule has 0 saturated heterocycles. The van der Waals surface area contributed by atoms with Crippen molar-refractivity contribution < 1.29 is 23.5 Å². The minimum absolute atomic E-state index is 0.151. The molecule has 6 nitrogen and oxygen atoms in total. The Kier molecular flexibility index (Phi) is 6.70. The Balaban J connectivity index is 1.72. The molecule has 3 aromatic rings. The maximum absolute atomic E-state index is 13.2. The number of aryl methyl sites for hydroxylation is 1. The normalized spacial score (nSPS) is 11.8. The minimum atomic E-state index is -0.964. The van der Waals surface area contributed by atoms with Crippen LogP contribution in [0, 0.1) is 19.7 Å². The van der Waals surface area contributed by atoms with E-state index in [-0.39, 0.29) is 17.5 Å². The molecule has 0 bridgehead atoms. The average molecular weight is 443 g/mol. The molecule has 2 aromatic heterocycles. The number of benzene rings is 1. The van der Waals surface area contributed by atoms with Crippen LogP contribution in [0.3, 0.4) is 0 Å². The van der Waals surface area contributed by atoms with Crippen LogP contribution in [0.25, 0.3) is 5.69 Å². The first-order valence-corrected chi connectivity index (χ1v) is 10.5. The second kappa shape index (κ2) is 9.26. The standard InChI is InChI=1S/C23H23FN2O4S/c1-13-11-20(14(2)26(13)18-7-5-17(24)6-8-18)23(29)30-15(3)22(28)21-10-9-19(31-21)12-25-16(4)27/h5-11,15H,12H2,1-4H3,(H,25,27). The van der Waals surface area contributed by atoms with Gasteiger partial charge in [0.25, 0.3) is 0 Å². The first-order valence-electron chi connectivity index (χ1n) is 9.70. The summed E-state index contributed by atoms with van der Waals surface area (Å²) in [6, 6.07) is 11.1. The number of nitrogens with one attached hydrogen (secondary N) is 1. The number of esters is 1. The van der Waals surface area contributed by atoms with E-state index in [1.54, 1.807) is 37.3 Å². The van der Waals surface area contributed by atoms with Crippen molar-refractivity contribution in [1.82, 2.24) is 9.88 Å². The van der Waals surface area contributed by atoms with E-state index in [0.717, 1.165) is 16.3 Å². The van der Waals surface area contributed by atoms with Crippen molar-refractivity contribution in [2.24, 2.45) is 0 Å². The van der Waals surface area contributed by atoms with Crippen LogP contribution in [-0.2, 0) is 16.1 Å². The number of hydrogen-bond donors (Lipinski definition) is 1. The number of aromatic nitrogens is 1. The van der Waals surface area contributed by atoms with Gasteiger partial charge < -0.3 is 14.6 Å². The zero-order chi connectivity index (χ0) is 22.7. The summed E-state index contributed by atoms with van der Waals surface area (Å²) in [6.45, 7) is 6.91. The molecule has 1 atom stereocenters. The third-order valence-corrected chi connectivity index (χ3v) is 5.90. The van der Waals surface area contributed by atoms with Crippen molar-refractivity contribution in [1.29, 1.82) is 0 Å². The molecule has 1 aromatic carbocycles. The Morgan fingerprint density at radius 2 is 1.81 bits per heavy atom. The van der Waals surface area contributed by atoms with E-state index in [4.69, 9.17) is 4.74 Å². The predicted molar refractivity (Wildman–Crippen MR) is 116 cm³/mol. The first kappa shape index (κ1) is 22.4. The van der Waals surface area contributed by atoms with Crippen molar-refractivity contribution in [2.75, 3.05) is 0 Å². The second-order valence-electron chi connectivity index (χ2n) is 7.18. The number of ether oxygens (including phenoxy) is 1. The van der Waals surface area contributed by atoms with Gasteiger partial charge in [-0.05, 0) is 63.2 Å². The van der Waals surface area contributed by atoms with Crippen LogP contribution in [0.15, 0.2) is 42.5 Å². The summed E-state index contributed by atoms with van der Waals surface area (Å²) in [5.74, 6) is -1.40. The average Bonchev–Trinajstić information content (AvgIpc) is 3.31. The molecule has 0 fully saturated rings. The molecule has 8 heteroatoms. The lowest BCUT2D eigenvalue weighted by atomic mass is 10.2. The quantitative estimate of drug-likeness (QED) is 0.436. The molecule has 2 heterocycles. The Morgan fingerprint density at radius 3 is 2.45 bits per heavy atom. The van der Waals surface area contributed by atoms with Gasteiger partial charge in [-0.2, -0.15) is 0 Å². The highest BCUT2D eigenvalue weighted by Crippen LogP contribution is 2.23. The highest BCUT2D eigenvalue weighted by Gasteiger charge is 2.24. The molecule has 1 unspecified atom stereocenters. The maximum Gasteiger partial charge on any atom is 0.340 e. The van der Waals surface area contributed by atoms with E-state index in [2.05, 4.69) is 5.32 Å². The molecule has 0 spiro atoms. The van der Waals surface area contributed by atoms with Crippen LogP contribution in [0.5, 0.6) is 0 Å². The van der Waals surface area contributed by atoms with E-state index < -0.39 is 12.1 Å². The number of nitrogens with zero attached hydrogens (tertiary/aromatic N) is 1. The molecule has 1 amide bonds. The van der Waals surface area contributed by atoms with Crippen molar-refractivity contribution in [3.05, 3.63) is 75.0 Å². The number of carbonyl (C=O) groups excluding carboxylic acids is 3. The summed E-state index contributed by atoms with van der Waals surface area (Å²) in [5.41, 5.74) is 2.50. The fourth-order valence-corrected chi connectivity index (χ4v) is 4.22. The predicted octanol–water partition coefficient (Wildman–Crippen LogP) is 4.36. The molecule has 31 heavy (non-hydrogen) atoms. The number of hydrogen-bond acceptors (Lipinski definition) is 5. The van der Waals surface area contributed by atoms with Gasteiger partial charge in [0, 0.05) is 28.9 Å². The number of halogens is 1. The largest absolute Gasteiger partial charge is 0.451 e. The zero-order valence-corrected chi connectivity index (χ0v) is 18.5. The van der Waals surface area contributed by atoms with Crippen LogP contribution in [0.1, 0.15) is 50.1 Å². The van der Waals surface area contributed by atoms with Gasteiger partial charge in [0.2, 0.25) is 11.7 Å². The zero-order valence-electron chi connectivity index (χ0n) is 17.7. The van der Waals surface area contributed by atoms with Gasteiger partial charge in [-0.3, -0.25) is 9.59 Å². The van der Waals surface area contributed by atoms with Crippen LogP contribution in [0.4, 0.5) is 4.39 Å². The van der Waals surface area contributed by atoms with Crippen LogP contribution >= 0.6 is 11.3 Å². The summed E-state index contributed by atoms with van der Waals surface area (Å²) in [6.07, 6.45) is -0.964. The molecule has 0 aliphatic carbocycles. The van der Waals surface area contributed by atoms with E-state index in [0.29, 0.717) is 22.7 Å². The van der Waals surface area contributed by atoms with Crippen LogP contribution in [-0.4, -0.2) is 28.3 Å². The molecule has 0 saturated carbocycles. The molecular formula is C23H23FN2O4S. The third-order valence-electron chi connectivity index (χ3n) is 4.80. The Morgan fingerprint density at radius 1 is 1.13 bits per heavy atom. The summed E-state index contributed by atoms with van der Waals surface area (Å²) < 4.78 is 20.5. The SMILES string of the molecule is CC(=O)NCc1ccc(C(=O)C(C)OC(=O)c2cc(C)n(-c3ccc(F)cc3)c2C)s1. The van der Waals surface area contributed by atoms with Crippen molar-refractivity contribution in [3.8, 4) is 5.69 Å². The number of rotatable bonds is 7. The number of amides is 1. The first-order chi connectivity index (χ1) is 14.7. The fourth-order valence-electron chi connectivity index (χ4n) is 3.25. The molecule has 0 aliphatic heterocycles. The number of ketones is 1. The van der Waals surface area contributed by atoms with Crippen LogP contribution in [0.2, 0.25) is 0 Å². The van der Waals surface area contributed by atoms with E-state index in [1.165, 1.54) is 37.3 Å². The van der Waals surface area contributed by atoms with Crippen molar-refractivity contribution in [2.45, 2.75) is 40.3 Å². The topological polar surface area (TPSA) is 77.4 Å². The highest BCUT2D eigenvalue weighted by atomic mass is 32.1. The van der Waals surface area contributed by atoms with Gasteiger partial charge in [-0.1, -0.05) is 0 Å². The lowest BCUT2D eigenvalue weighted by molar-refractivity contribution is -0.119. The van der Waals surface area contributed by atoms with Gasteiger partial charge in [0.15, 0.2) is 6.10 Å². The third kappa shape index (κ3) is 5.08. The summed E-state index contributed by atoms with van der Waals surface area (Å²) >= 11 is 1.25. The monoisotopic (exact) mass is 442 g/mol. The molecule has 162 valence electrons. The minimum Gasteiger partial charge on any atom is -0.451 e. The lowest BCUT2D eigenvalue weighted by Gasteiger charge is -2.12. The van der Waals surface area contributed by atoms with Gasteiger partial charge in [0.05, 0.1) is 17.0 Å². The molecule has 0 radical (unpaired) electrons. The Bertz CT molecular complexity index is 1130. The summed E-state index contributed by atoms with van der Waals surface area (Å²) in [7, 11) is 0. The molecule has 0 aliphatic rings. The highest BCUT2D eigenvalue weighted by molar-refractivity contribution is 7.14. The Labute approximate surface area is 183 Å². The van der Waals surface area contributed by atoms with E-state index >= 15 is 0 Å². The summed E-state index contributed by atoms with van der Waals surface area (Å²) in [4.78, 5) is 37.8. The fraction of sp³-hybridized carbons (Fsp3) is 0.261. The van der Waals surface area contributed by atoms with E-state index in [1.807, 2.05) is 11.5 Å². The van der Waals surface area contributed by atoms with Crippen molar-refractivity contribution in [3.63, 3.8) is 0 Å². The van der Waals surface area contributed by atoms with Gasteiger partial charge >= 0.3 is 5.97 Å². The smallest absolute Gasteiger partial charge is 0.340 e. The van der Waals surface area contributed by atoms with Crippen molar-refractivity contribution >= 4 is 29.0 Å². The molecule has 3 rings (SSSR count). The van der Waals surface area contributed by atoms with Gasteiger partial charge in [-0.25, -0.2) is 9.18 Å². The maximum atomic E-state index is 13.2. The molecular weight excluding hydrogens is 419 g/mol. The van der Waals surface area contributed by atoms with Gasteiger partial charge in [-0.15, -0.1) is 11.3 Å². The van der Waals surface area contributed by atoms with E-state index in [9.17, 15) is 18.8 Å². The number of Topliss-reactive ketones (excluding diaryl/α,β-unsaturated/α-hetero) is 1. The van der Waals surface area contributed by atoms with Crippen LogP contribution < -0.4 is 5.32 Å². The van der Waals surface area contributed by atoms with Gasteiger partial charge in [0.1, 0.15) is 5.82 Å². The number of thiophene rings is 1. The summed E-state index contributed by atoms with van der Waals surface area (Å²) in [5, 5.41) is 2.68. The number of carbonyl (C=O) groups is 3. The Hall–Kier alpha value is -3.26. The second-order valence-corrected chi connectivity index (χ2v) is 8.35.